The Morgan fingerprint density at radius 1 is 1.27 bits per heavy atom. The third-order valence-corrected chi connectivity index (χ3v) is 5.05. The predicted octanol–water partition coefficient (Wildman–Crippen LogP) is 3.83. The molecule has 1 atom stereocenters. The number of esters is 1. The maximum atomic E-state index is 12.6. The number of benzene rings is 1. The van der Waals surface area contributed by atoms with E-state index in [4.69, 9.17) is 14.2 Å². The molecule has 7 nitrogen and oxygen atoms in total. The number of aromatic nitrogens is 1. The van der Waals surface area contributed by atoms with Gasteiger partial charge in [-0.3, -0.25) is 9.88 Å². The minimum Gasteiger partial charge on any atom is -0.489 e. The fourth-order valence-electron chi connectivity index (χ4n) is 3.41. The van der Waals surface area contributed by atoms with Crippen LogP contribution in [0.2, 0.25) is 0 Å². The standard InChI is InChI=1S/C23H28N2O5/c1-15(2)13-30-23(27)25-11-9-17-12-19(7-8-20(17)21(25)22(26)28-4)29-14-18-6-5-10-24-16(18)3/h5-8,10,12,15,21H,9,11,13-14H2,1-4H3. The van der Waals surface area contributed by atoms with Crippen molar-refractivity contribution in [3.05, 3.63) is 58.9 Å². The summed E-state index contributed by atoms with van der Waals surface area (Å²) in [5.74, 6) is 0.430. The van der Waals surface area contributed by atoms with E-state index in [0.29, 0.717) is 31.9 Å². The van der Waals surface area contributed by atoms with Gasteiger partial charge < -0.3 is 14.2 Å². The smallest absolute Gasteiger partial charge is 0.410 e. The zero-order valence-corrected chi connectivity index (χ0v) is 17.9. The average Bonchev–Trinajstić information content (AvgIpc) is 2.75. The number of carbonyl (C=O) groups excluding carboxylic acids is 2. The average molecular weight is 412 g/mol. The van der Waals surface area contributed by atoms with Gasteiger partial charge in [0.2, 0.25) is 0 Å². The Morgan fingerprint density at radius 3 is 2.77 bits per heavy atom. The van der Waals surface area contributed by atoms with E-state index in [1.54, 1.807) is 6.20 Å². The number of nitrogens with zero attached hydrogens (tertiary/aromatic N) is 2. The second-order valence-corrected chi connectivity index (χ2v) is 7.74. The summed E-state index contributed by atoms with van der Waals surface area (Å²) in [5.41, 5.74) is 3.64. The Kier molecular flexibility index (Phi) is 6.92. The molecule has 1 aliphatic rings. The summed E-state index contributed by atoms with van der Waals surface area (Å²) < 4.78 is 16.3. The molecule has 0 spiro atoms. The molecule has 0 bridgehead atoms. The number of pyridine rings is 1. The maximum absolute atomic E-state index is 12.6. The largest absolute Gasteiger partial charge is 0.489 e. The van der Waals surface area contributed by atoms with Crippen LogP contribution in [0.1, 0.15) is 42.3 Å². The Balaban J connectivity index is 1.79. The Morgan fingerprint density at radius 2 is 2.07 bits per heavy atom. The van der Waals surface area contributed by atoms with E-state index in [1.807, 2.05) is 51.1 Å². The highest BCUT2D eigenvalue weighted by molar-refractivity contribution is 5.84. The van der Waals surface area contributed by atoms with Crippen LogP contribution in [0.5, 0.6) is 5.75 Å². The van der Waals surface area contributed by atoms with Crippen molar-refractivity contribution in [1.82, 2.24) is 9.88 Å². The molecule has 160 valence electrons. The second-order valence-electron chi connectivity index (χ2n) is 7.74. The first-order valence-electron chi connectivity index (χ1n) is 10.1. The number of amides is 1. The lowest BCUT2D eigenvalue weighted by Crippen LogP contribution is -2.44. The number of hydrogen-bond donors (Lipinski definition) is 0. The van der Waals surface area contributed by atoms with Crippen LogP contribution in [0.25, 0.3) is 0 Å². The van der Waals surface area contributed by atoms with Crippen molar-refractivity contribution in [2.24, 2.45) is 5.92 Å². The first kappa shape index (κ1) is 21.6. The van der Waals surface area contributed by atoms with Crippen LogP contribution in [0.3, 0.4) is 0 Å². The van der Waals surface area contributed by atoms with Gasteiger partial charge in [0.25, 0.3) is 0 Å². The van der Waals surface area contributed by atoms with Crippen LogP contribution >= 0.6 is 0 Å². The van der Waals surface area contributed by atoms with Gasteiger partial charge in [0.15, 0.2) is 6.04 Å². The van der Waals surface area contributed by atoms with E-state index < -0.39 is 18.1 Å². The first-order valence-corrected chi connectivity index (χ1v) is 10.1. The van der Waals surface area contributed by atoms with Crippen molar-refractivity contribution in [3.8, 4) is 5.75 Å². The summed E-state index contributed by atoms with van der Waals surface area (Å²) in [6, 6.07) is 8.59. The summed E-state index contributed by atoms with van der Waals surface area (Å²) in [7, 11) is 1.32. The molecule has 0 saturated heterocycles. The summed E-state index contributed by atoms with van der Waals surface area (Å²) in [4.78, 5) is 30.8. The van der Waals surface area contributed by atoms with E-state index in [1.165, 1.54) is 12.0 Å². The lowest BCUT2D eigenvalue weighted by atomic mass is 9.92. The van der Waals surface area contributed by atoms with Crippen molar-refractivity contribution in [3.63, 3.8) is 0 Å². The molecule has 0 aliphatic carbocycles. The van der Waals surface area contributed by atoms with Gasteiger partial charge in [-0.1, -0.05) is 26.0 Å². The number of carbonyl (C=O) groups is 2. The van der Waals surface area contributed by atoms with Gasteiger partial charge in [-0.25, -0.2) is 9.59 Å². The van der Waals surface area contributed by atoms with Gasteiger partial charge in [0.05, 0.1) is 13.7 Å². The SMILES string of the molecule is COC(=O)C1c2ccc(OCc3cccnc3C)cc2CCN1C(=O)OCC(C)C. The molecule has 0 fully saturated rings. The fraction of sp³-hybridized carbons (Fsp3) is 0.435. The van der Waals surface area contributed by atoms with Gasteiger partial charge in [-0.15, -0.1) is 0 Å². The molecule has 0 radical (unpaired) electrons. The van der Waals surface area contributed by atoms with Crippen LogP contribution in [-0.2, 0) is 27.3 Å². The molecule has 3 rings (SSSR count). The van der Waals surface area contributed by atoms with E-state index in [-0.39, 0.29) is 5.92 Å². The molecule has 30 heavy (non-hydrogen) atoms. The quantitative estimate of drug-likeness (QED) is 0.671. The van der Waals surface area contributed by atoms with Gasteiger partial charge in [-0.2, -0.15) is 0 Å². The number of methoxy groups -OCH3 is 1. The van der Waals surface area contributed by atoms with Gasteiger partial charge in [0, 0.05) is 24.0 Å². The Bertz CT molecular complexity index is 912. The van der Waals surface area contributed by atoms with Crippen molar-refractivity contribution in [2.75, 3.05) is 20.3 Å². The number of fused-ring (bicyclic) bond motifs is 1. The predicted molar refractivity (Wildman–Crippen MR) is 111 cm³/mol. The highest BCUT2D eigenvalue weighted by atomic mass is 16.6. The fourth-order valence-corrected chi connectivity index (χ4v) is 3.41. The first-order chi connectivity index (χ1) is 14.4. The third kappa shape index (κ3) is 4.90. The number of rotatable bonds is 6. The molecule has 0 N–H and O–H groups in total. The lowest BCUT2D eigenvalue weighted by molar-refractivity contribution is -0.147. The third-order valence-electron chi connectivity index (χ3n) is 5.05. The zero-order valence-electron chi connectivity index (χ0n) is 17.9. The minimum atomic E-state index is -0.826. The van der Waals surface area contributed by atoms with Gasteiger partial charge in [0.1, 0.15) is 12.4 Å². The number of ether oxygens (including phenoxy) is 3. The molecule has 1 amide bonds. The van der Waals surface area contributed by atoms with Crippen molar-refractivity contribution >= 4 is 12.1 Å². The lowest BCUT2D eigenvalue weighted by Gasteiger charge is -2.35. The van der Waals surface area contributed by atoms with Crippen LogP contribution in [0.15, 0.2) is 36.5 Å². The minimum absolute atomic E-state index is 0.214. The molecule has 0 saturated carbocycles. The second kappa shape index (κ2) is 9.61. The van der Waals surface area contributed by atoms with Gasteiger partial charge in [-0.05, 0) is 48.6 Å². The molecule has 1 unspecified atom stereocenters. The molecule has 2 aromatic rings. The highest BCUT2D eigenvalue weighted by Gasteiger charge is 2.37. The highest BCUT2D eigenvalue weighted by Crippen LogP contribution is 2.34. The van der Waals surface area contributed by atoms with E-state index >= 15 is 0 Å². The summed E-state index contributed by atoms with van der Waals surface area (Å²) >= 11 is 0. The molecule has 1 aromatic heterocycles. The van der Waals surface area contributed by atoms with E-state index in [2.05, 4.69) is 4.98 Å². The topological polar surface area (TPSA) is 78.0 Å². The number of aryl methyl sites for hydroxylation is 1. The van der Waals surface area contributed by atoms with Crippen molar-refractivity contribution < 1.29 is 23.8 Å². The van der Waals surface area contributed by atoms with Crippen LogP contribution in [0, 0.1) is 12.8 Å². The Hall–Kier alpha value is -3.09. The molecular formula is C23H28N2O5. The molecule has 2 heterocycles. The Labute approximate surface area is 177 Å². The van der Waals surface area contributed by atoms with Crippen molar-refractivity contribution in [2.45, 2.75) is 39.8 Å². The summed E-state index contributed by atoms with van der Waals surface area (Å²) in [6.45, 7) is 6.95. The monoisotopic (exact) mass is 412 g/mol. The molecule has 1 aliphatic heterocycles. The maximum Gasteiger partial charge on any atom is 0.410 e. The molecule has 7 heteroatoms. The van der Waals surface area contributed by atoms with E-state index in [0.717, 1.165) is 22.4 Å². The summed E-state index contributed by atoms with van der Waals surface area (Å²) in [6.07, 6.45) is 1.85. The van der Waals surface area contributed by atoms with Crippen LogP contribution in [-0.4, -0.2) is 42.2 Å². The van der Waals surface area contributed by atoms with Gasteiger partial charge >= 0.3 is 12.1 Å². The summed E-state index contributed by atoms with van der Waals surface area (Å²) in [5, 5.41) is 0. The van der Waals surface area contributed by atoms with Crippen LogP contribution < -0.4 is 4.74 Å². The molecule has 1 aromatic carbocycles. The zero-order chi connectivity index (χ0) is 21.7. The van der Waals surface area contributed by atoms with E-state index in [9.17, 15) is 9.59 Å². The van der Waals surface area contributed by atoms with Crippen LogP contribution in [0.4, 0.5) is 4.79 Å². The normalized spacial score (nSPS) is 15.5. The molecular weight excluding hydrogens is 384 g/mol. The van der Waals surface area contributed by atoms with Crippen molar-refractivity contribution in [1.29, 1.82) is 0 Å². The number of hydrogen-bond acceptors (Lipinski definition) is 6.